The van der Waals surface area contributed by atoms with Gasteiger partial charge in [-0.3, -0.25) is 0 Å². The summed E-state index contributed by atoms with van der Waals surface area (Å²) in [6.45, 7) is 8.22. The second-order valence-electron chi connectivity index (χ2n) is 4.00. The quantitative estimate of drug-likeness (QED) is 0.563. The zero-order chi connectivity index (χ0) is 13.5. The second kappa shape index (κ2) is 7.41. The number of carbonyl (C=O) groups is 1. The Hall–Kier alpha value is -1.04. The zero-order valence-corrected chi connectivity index (χ0v) is 12.3. The van der Waals surface area contributed by atoms with Crippen molar-refractivity contribution < 1.29 is 9.53 Å². The first-order valence-electron chi connectivity index (χ1n) is 6.28. The maximum absolute atomic E-state index is 11.8. The smallest absolute Gasteiger partial charge is 0.376 e. The molecule has 0 saturated heterocycles. The lowest BCUT2D eigenvalue weighted by molar-refractivity contribution is 0.0503. The van der Waals surface area contributed by atoms with Crippen molar-refractivity contribution in [3.8, 4) is 0 Å². The van der Waals surface area contributed by atoms with Gasteiger partial charge in [-0.1, -0.05) is 6.92 Å². The van der Waals surface area contributed by atoms with Crippen LogP contribution in [0.3, 0.4) is 0 Å². The zero-order valence-electron chi connectivity index (χ0n) is 11.5. The molecule has 0 aliphatic heterocycles. The lowest BCUT2D eigenvalue weighted by atomic mass is 10.2. The number of ether oxygens (including phenoxy) is 1. The van der Waals surface area contributed by atoms with Crippen LogP contribution in [0.2, 0.25) is 0 Å². The van der Waals surface area contributed by atoms with E-state index in [4.69, 9.17) is 4.74 Å². The summed E-state index contributed by atoms with van der Waals surface area (Å²) in [5.41, 5.74) is 0. The number of hydrogen-bond acceptors (Lipinski definition) is 5. The third-order valence-corrected chi connectivity index (χ3v) is 3.58. The van der Waals surface area contributed by atoms with Gasteiger partial charge in [0.15, 0.2) is 0 Å². The van der Waals surface area contributed by atoms with Crippen molar-refractivity contribution in [2.24, 2.45) is 0 Å². The Labute approximate surface area is 112 Å². The number of thioether (sulfide) groups is 1. The van der Waals surface area contributed by atoms with Crippen LogP contribution in [0.5, 0.6) is 0 Å². The fourth-order valence-electron chi connectivity index (χ4n) is 1.76. The minimum atomic E-state index is -0.395. The number of carbonyl (C=O) groups excluding carboxylic acids is 1. The molecule has 6 heteroatoms. The molecule has 1 unspecified atom stereocenters. The largest absolute Gasteiger partial charge is 0.460 e. The van der Waals surface area contributed by atoms with Gasteiger partial charge in [0.2, 0.25) is 5.82 Å². The SMILES string of the molecule is CCOC(=O)c1nnc(C)n1C(C)CCSCC. The standard InChI is InChI=1S/C12H21N3O2S/c1-5-17-12(16)11-14-13-10(4)15(11)9(3)7-8-18-6-2/h9H,5-8H2,1-4H3. The number of esters is 1. The van der Waals surface area contributed by atoms with E-state index in [1.807, 2.05) is 23.3 Å². The Morgan fingerprint density at radius 3 is 2.78 bits per heavy atom. The first kappa shape index (κ1) is 15.0. The summed E-state index contributed by atoms with van der Waals surface area (Å²) in [6.07, 6.45) is 0.990. The fraction of sp³-hybridized carbons (Fsp3) is 0.750. The summed E-state index contributed by atoms with van der Waals surface area (Å²) in [6, 6.07) is 0.207. The average Bonchev–Trinajstić information content (AvgIpc) is 2.72. The van der Waals surface area contributed by atoms with E-state index in [1.54, 1.807) is 6.92 Å². The Balaban J connectivity index is 2.79. The van der Waals surface area contributed by atoms with Crippen LogP contribution in [0.1, 0.15) is 49.7 Å². The van der Waals surface area contributed by atoms with E-state index in [1.165, 1.54) is 0 Å². The van der Waals surface area contributed by atoms with Crippen LogP contribution in [0.15, 0.2) is 0 Å². The van der Waals surface area contributed by atoms with Crippen molar-refractivity contribution in [1.82, 2.24) is 14.8 Å². The highest BCUT2D eigenvalue weighted by atomic mass is 32.2. The molecule has 5 nitrogen and oxygen atoms in total. The van der Waals surface area contributed by atoms with Crippen LogP contribution in [-0.4, -0.2) is 38.8 Å². The molecule has 1 aromatic heterocycles. The number of aromatic nitrogens is 3. The maximum Gasteiger partial charge on any atom is 0.376 e. The topological polar surface area (TPSA) is 57.0 Å². The van der Waals surface area contributed by atoms with E-state index in [-0.39, 0.29) is 6.04 Å². The van der Waals surface area contributed by atoms with Gasteiger partial charge in [0.05, 0.1) is 6.61 Å². The molecule has 0 aliphatic carbocycles. The highest BCUT2D eigenvalue weighted by Crippen LogP contribution is 2.18. The van der Waals surface area contributed by atoms with Crippen LogP contribution in [0.25, 0.3) is 0 Å². The molecule has 0 saturated carbocycles. The molecule has 0 bridgehead atoms. The lowest BCUT2D eigenvalue weighted by Crippen LogP contribution is -2.18. The molecule has 102 valence electrons. The molecule has 0 fully saturated rings. The molecule has 0 aromatic carbocycles. The van der Waals surface area contributed by atoms with Gasteiger partial charge < -0.3 is 9.30 Å². The van der Waals surface area contributed by atoms with Crippen molar-refractivity contribution >= 4 is 17.7 Å². The third kappa shape index (κ3) is 3.73. The molecule has 0 radical (unpaired) electrons. The molecule has 1 aromatic rings. The summed E-state index contributed by atoms with van der Waals surface area (Å²) < 4.78 is 6.86. The Morgan fingerprint density at radius 1 is 1.44 bits per heavy atom. The minimum Gasteiger partial charge on any atom is -0.460 e. The number of rotatable bonds is 7. The molecule has 1 heterocycles. The highest BCUT2D eigenvalue weighted by Gasteiger charge is 2.21. The average molecular weight is 271 g/mol. The van der Waals surface area contributed by atoms with Crippen molar-refractivity contribution in [2.75, 3.05) is 18.1 Å². The normalized spacial score (nSPS) is 12.4. The van der Waals surface area contributed by atoms with E-state index < -0.39 is 5.97 Å². The minimum absolute atomic E-state index is 0.207. The predicted molar refractivity (Wildman–Crippen MR) is 73.0 cm³/mol. The predicted octanol–water partition coefficient (Wildman–Crippen LogP) is 2.47. The highest BCUT2D eigenvalue weighted by molar-refractivity contribution is 7.99. The molecular formula is C12H21N3O2S. The summed E-state index contributed by atoms with van der Waals surface area (Å²) in [4.78, 5) is 11.8. The second-order valence-corrected chi connectivity index (χ2v) is 5.39. The van der Waals surface area contributed by atoms with Crippen molar-refractivity contribution in [3.05, 3.63) is 11.6 Å². The molecule has 18 heavy (non-hydrogen) atoms. The van der Waals surface area contributed by atoms with Crippen molar-refractivity contribution in [2.45, 2.75) is 40.2 Å². The third-order valence-electron chi connectivity index (χ3n) is 2.65. The van der Waals surface area contributed by atoms with Gasteiger partial charge in [-0.05, 0) is 38.7 Å². The van der Waals surface area contributed by atoms with Gasteiger partial charge >= 0.3 is 5.97 Å². The summed E-state index contributed by atoms with van der Waals surface area (Å²) in [5, 5.41) is 7.89. The molecule has 0 spiro atoms. The van der Waals surface area contributed by atoms with Gasteiger partial charge in [-0.15, -0.1) is 10.2 Å². The summed E-state index contributed by atoms with van der Waals surface area (Å²) in [5.74, 6) is 2.85. The van der Waals surface area contributed by atoms with Gasteiger partial charge in [0.1, 0.15) is 5.82 Å². The fourth-order valence-corrected chi connectivity index (χ4v) is 2.56. The van der Waals surface area contributed by atoms with E-state index >= 15 is 0 Å². The van der Waals surface area contributed by atoms with Gasteiger partial charge in [-0.2, -0.15) is 11.8 Å². The maximum atomic E-state index is 11.8. The van der Waals surface area contributed by atoms with E-state index in [9.17, 15) is 4.79 Å². The number of aryl methyl sites for hydroxylation is 1. The van der Waals surface area contributed by atoms with Gasteiger partial charge in [0.25, 0.3) is 0 Å². The van der Waals surface area contributed by atoms with Crippen LogP contribution >= 0.6 is 11.8 Å². The molecular weight excluding hydrogens is 250 g/mol. The summed E-state index contributed by atoms with van der Waals surface area (Å²) >= 11 is 1.89. The van der Waals surface area contributed by atoms with E-state index in [0.717, 1.165) is 23.8 Å². The number of hydrogen-bond donors (Lipinski definition) is 0. The first-order chi connectivity index (χ1) is 8.61. The lowest BCUT2D eigenvalue weighted by Gasteiger charge is -2.16. The Morgan fingerprint density at radius 2 is 2.17 bits per heavy atom. The molecule has 1 rings (SSSR count). The Bertz CT molecular complexity index is 393. The molecule has 1 atom stereocenters. The monoisotopic (exact) mass is 271 g/mol. The summed E-state index contributed by atoms with van der Waals surface area (Å²) in [7, 11) is 0. The van der Waals surface area contributed by atoms with Crippen LogP contribution in [-0.2, 0) is 4.74 Å². The number of nitrogens with zero attached hydrogens (tertiary/aromatic N) is 3. The van der Waals surface area contributed by atoms with Crippen LogP contribution in [0, 0.1) is 6.92 Å². The van der Waals surface area contributed by atoms with Crippen molar-refractivity contribution in [1.29, 1.82) is 0 Å². The van der Waals surface area contributed by atoms with Gasteiger partial charge in [0, 0.05) is 6.04 Å². The van der Waals surface area contributed by atoms with E-state index in [2.05, 4.69) is 24.0 Å². The molecule has 0 aliphatic rings. The van der Waals surface area contributed by atoms with E-state index in [0.29, 0.717) is 12.4 Å². The van der Waals surface area contributed by atoms with Crippen LogP contribution in [0.4, 0.5) is 0 Å². The Kier molecular flexibility index (Phi) is 6.18. The van der Waals surface area contributed by atoms with Gasteiger partial charge in [-0.25, -0.2) is 4.79 Å². The first-order valence-corrected chi connectivity index (χ1v) is 7.43. The molecule has 0 N–H and O–H groups in total. The van der Waals surface area contributed by atoms with Crippen LogP contribution < -0.4 is 0 Å². The van der Waals surface area contributed by atoms with Crippen molar-refractivity contribution in [3.63, 3.8) is 0 Å². The molecule has 0 amide bonds.